The molecule has 106 valence electrons. The maximum absolute atomic E-state index is 2.36. The summed E-state index contributed by atoms with van der Waals surface area (Å²) in [5, 5.41) is 0. The zero-order valence-electron chi connectivity index (χ0n) is 9.11. The first-order chi connectivity index (χ1) is 3.39. The van der Waals surface area contributed by atoms with E-state index in [0.717, 1.165) is 5.92 Å². The molecule has 0 amide bonds. The van der Waals surface area contributed by atoms with Crippen LogP contribution >= 0.6 is 0 Å². The van der Waals surface area contributed by atoms with Crippen molar-refractivity contribution in [3.63, 3.8) is 0 Å². The highest BCUT2D eigenvalue weighted by Gasteiger charge is 2.05. The van der Waals surface area contributed by atoms with Gasteiger partial charge in [0.15, 0.2) is 0 Å². The van der Waals surface area contributed by atoms with Crippen LogP contribution < -0.4 is 0 Å². The molecule has 1 rings (SSSR count). The number of hydrogen-bond donors (Lipinski definition) is 0. The zero-order chi connectivity index (χ0) is 5.11. The molecule has 0 aliphatic heterocycles. The summed E-state index contributed by atoms with van der Waals surface area (Å²) in [6, 6.07) is 0. The molecule has 16 N–H and O–H groups in total. The lowest BCUT2D eigenvalue weighted by molar-refractivity contribution is 0.385. The van der Waals surface area contributed by atoms with Crippen LogP contribution in [0.25, 0.3) is 0 Å². The van der Waals surface area contributed by atoms with Gasteiger partial charge in [0.2, 0.25) is 0 Å². The van der Waals surface area contributed by atoms with Crippen molar-refractivity contribution >= 4 is 0 Å². The molecule has 1 fully saturated rings. The van der Waals surface area contributed by atoms with E-state index in [1.807, 2.05) is 0 Å². The highest BCUT2D eigenvalue weighted by Crippen LogP contribution is 2.21. The predicted octanol–water partition coefficient (Wildman–Crippen LogP) is -4.01. The molecule has 0 aromatic carbocycles. The Balaban J connectivity index is -0.0000000102. The Bertz CT molecular complexity index is 57.0. The Morgan fingerprint density at radius 1 is 0.533 bits per heavy atom. The number of hydrogen-bond acceptors (Lipinski definition) is 0. The Kier molecular flexibility index (Phi) is 153. The minimum atomic E-state index is 0. The molecule has 0 radical (unpaired) electrons. The lowest BCUT2D eigenvalue weighted by Crippen LogP contribution is -1.99. The van der Waals surface area contributed by atoms with Crippen molar-refractivity contribution in [1.29, 1.82) is 0 Å². The highest BCUT2D eigenvalue weighted by molar-refractivity contribution is 4.59. The van der Waals surface area contributed by atoms with Crippen LogP contribution in [0.2, 0.25) is 0 Å². The van der Waals surface area contributed by atoms with E-state index in [4.69, 9.17) is 0 Å². The molecule has 0 aromatic rings. The first-order valence-corrected chi connectivity index (χ1v) is 3.39. The van der Waals surface area contributed by atoms with Crippen molar-refractivity contribution in [3.05, 3.63) is 0 Å². The molecule has 0 heterocycles. The second-order valence-corrected chi connectivity index (χ2v) is 2.74. The van der Waals surface area contributed by atoms with Crippen LogP contribution in [0.1, 0.15) is 39.0 Å². The fourth-order valence-electron chi connectivity index (χ4n) is 1.31. The van der Waals surface area contributed by atoms with Gasteiger partial charge in [-0.2, -0.15) is 0 Å². The monoisotopic (exact) mass is 242 g/mol. The average molecular weight is 242 g/mol. The molecular formula is C7H30O8. The maximum Gasteiger partial charge on any atom is -0.0443 e. The summed E-state index contributed by atoms with van der Waals surface area (Å²) in [4.78, 5) is 0. The molecule has 0 unspecified atom stereocenters. The maximum atomic E-state index is 2.36. The van der Waals surface area contributed by atoms with Crippen LogP contribution in [0.5, 0.6) is 0 Å². The van der Waals surface area contributed by atoms with Crippen molar-refractivity contribution in [2.24, 2.45) is 5.92 Å². The van der Waals surface area contributed by atoms with E-state index in [1.54, 1.807) is 0 Å². The summed E-state index contributed by atoms with van der Waals surface area (Å²) in [7, 11) is 0. The topological polar surface area (TPSA) is 252 Å². The second-order valence-electron chi connectivity index (χ2n) is 2.74. The van der Waals surface area contributed by atoms with Gasteiger partial charge in [-0.3, -0.25) is 0 Å². The third kappa shape index (κ3) is 31.6. The second kappa shape index (κ2) is 37.3. The molecule has 0 aromatic heterocycles. The number of rotatable bonds is 0. The Labute approximate surface area is 89.8 Å². The summed E-state index contributed by atoms with van der Waals surface area (Å²) in [6.07, 6.45) is 7.44. The van der Waals surface area contributed by atoms with Gasteiger partial charge in [0.05, 0.1) is 0 Å². The highest BCUT2D eigenvalue weighted by atomic mass is 16.0. The minimum absolute atomic E-state index is 0. The van der Waals surface area contributed by atoms with Crippen LogP contribution in [0, 0.1) is 5.92 Å². The van der Waals surface area contributed by atoms with Crippen LogP contribution in [0.15, 0.2) is 0 Å². The van der Waals surface area contributed by atoms with Gasteiger partial charge in [0, 0.05) is 0 Å². The summed E-state index contributed by atoms with van der Waals surface area (Å²) in [6.45, 7) is 2.36. The van der Waals surface area contributed by atoms with Crippen molar-refractivity contribution in [2.75, 3.05) is 0 Å². The molecule has 1 aliphatic carbocycles. The molecule has 8 nitrogen and oxygen atoms in total. The van der Waals surface area contributed by atoms with Crippen LogP contribution in [-0.4, -0.2) is 43.8 Å². The van der Waals surface area contributed by atoms with Gasteiger partial charge < -0.3 is 43.8 Å². The third-order valence-electron chi connectivity index (χ3n) is 1.89. The Morgan fingerprint density at radius 3 is 0.933 bits per heavy atom. The van der Waals surface area contributed by atoms with E-state index in [9.17, 15) is 0 Å². The van der Waals surface area contributed by atoms with Gasteiger partial charge >= 0.3 is 0 Å². The smallest absolute Gasteiger partial charge is 0.0443 e. The van der Waals surface area contributed by atoms with Gasteiger partial charge in [-0.1, -0.05) is 39.0 Å². The Morgan fingerprint density at radius 2 is 0.800 bits per heavy atom. The quantitative estimate of drug-likeness (QED) is 0.393. The molecular weight excluding hydrogens is 212 g/mol. The van der Waals surface area contributed by atoms with Gasteiger partial charge in [0.1, 0.15) is 0 Å². The molecule has 8 heteroatoms. The summed E-state index contributed by atoms with van der Waals surface area (Å²) < 4.78 is 0. The molecule has 0 bridgehead atoms. The Hall–Kier alpha value is -0.320. The average Bonchev–Trinajstić information content (AvgIpc) is 1.69. The summed E-state index contributed by atoms with van der Waals surface area (Å²) in [5.41, 5.74) is 0. The lowest BCUT2D eigenvalue weighted by Gasteiger charge is -2.15. The third-order valence-corrected chi connectivity index (χ3v) is 1.89. The molecule has 0 saturated heterocycles. The zero-order valence-corrected chi connectivity index (χ0v) is 9.11. The van der Waals surface area contributed by atoms with Crippen molar-refractivity contribution < 1.29 is 43.8 Å². The molecule has 1 saturated carbocycles. The molecule has 1 aliphatic rings. The van der Waals surface area contributed by atoms with E-state index in [2.05, 4.69) is 6.92 Å². The summed E-state index contributed by atoms with van der Waals surface area (Å²) in [5.74, 6) is 1.04. The van der Waals surface area contributed by atoms with Gasteiger partial charge in [-0.05, 0) is 5.92 Å². The van der Waals surface area contributed by atoms with E-state index in [0.29, 0.717) is 0 Å². The normalized spacial score (nSPS) is 11.8. The lowest BCUT2D eigenvalue weighted by atomic mass is 9.91. The van der Waals surface area contributed by atoms with E-state index in [1.165, 1.54) is 32.1 Å². The standard InChI is InChI=1S/C7H14.8H2O/c1-7-5-3-2-4-6-7;;;;;;;;/h7H,2-6H2,1H3;8*1H2. The van der Waals surface area contributed by atoms with Gasteiger partial charge in [-0.15, -0.1) is 0 Å². The van der Waals surface area contributed by atoms with E-state index >= 15 is 0 Å². The fraction of sp³-hybridized carbons (Fsp3) is 1.00. The van der Waals surface area contributed by atoms with Crippen molar-refractivity contribution in [1.82, 2.24) is 0 Å². The fourth-order valence-corrected chi connectivity index (χ4v) is 1.31. The van der Waals surface area contributed by atoms with E-state index < -0.39 is 0 Å². The minimum Gasteiger partial charge on any atom is -0.412 e. The summed E-state index contributed by atoms with van der Waals surface area (Å²) >= 11 is 0. The van der Waals surface area contributed by atoms with Crippen LogP contribution in [0.3, 0.4) is 0 Å². The van der Waals surface area contributed by atoms with Gasteiger partial charge in [0.25, 0.3) is 0 Å². The van der Waals surface area contributed by atoms with E-state index in [-0.39, 0.29) is 43.8 Å². The van der Waals surface area contributed by atoms with Gasteiger partial charge in [-0.25, -0.2) is 0 Å². The first kappa shape index (κ1) is 61.6. The van der Waals surface area contributed by atoms with Crippen LogP contribution in [0.4, 0.5) is 0 Å². The molecule has 0 atom stereocenters. The van der Waals surface area contributed by atoms with Crippen molar-refractivity contribution in [2.45, 2.75) is 39.0 Å². The first-order valence-electron chi connectivity index (χ1n) is 3.39. The SMILES string of the molecule is CC1CCCCC1.O.O.O.O.O.O.O.O. The van der Waals surface area contributed by atoms with Crippen molar-refractivity contribution in [3.8, 4) is 0 Å². The predicted molar refractivity (Wildman–Crippen MR) is 61.2 cm³/mol. The largest absolute Gasteiger partial charge is 0.412 e. The molecule has 15 heavy (non-hydrogen) atoms. The van der Waals surface area contributed by atoms with Crippen LogP contribution in [-0.2, 0) is 0 Å². The molecule has 0 spiro atoms.